The van der Waals surface area contributed by atoms with E-state index in [4.69, 9.17) is 11.6 Å². The minimum Gasteiger partial charge on any atom is -0.229 e. The van der Waals surface area contributed by atoms with Crippen LogP contribution in [0.4, 0.5) is 4.39 Å². The number of rotatable bonds is 1. The fourth-order valence-corrected chi connectivity index (χ4v) is 2.89. The zero-order valence-electron chi connectivity index (χ0n) is 8.51. The molecule has 6 heteroatoms. The van der Waals surface area contributed by atoms with Gasteiger partial charge in [0, 0.05) is 9.35 Å². The van der Waals surface area contributed by atoms with Crippen LogP contribution in [0.1, 0.15) is 10.6 Å². The molecule has 0 aliphatic rings. The molecule has 0 saturated heterocycles. The molecule has 0 amide bonds. The normalized spacial score (nSPS) is 10.8. The van der Waals surface area contributed by atoms with Crippen LogP contribution in [0.15, 0.2) is 10.5 Å². The number of halogens is 3. The molecule has 0 fully saturated rings. The molecule has 2 aromatic heterocycles. The first-order valence-electron chi connectivity index (χ1n) is 4.45. The lowest BCUT2D eigenvalue weighted by atomic mass is 10.3. The van der Waals surface area contributed by atoms with Gasteiger partial charge in [0.1, 0.15) is 0 Å². The number of hydrogen-bond acceptors (Lipinski definition) is 3. The van der Waals surface area contributed by atoms with E-state index in [1.54, 1.807) is 6.92 Å². The molecule has 2 aromatic rings. The van der Waals surface area contributed by atoms with Gasteiger partial charge in [0.2, 0.25) is 0 Å². The molecule has 2 heterocycles. The second kappa shape index (κ2) is 4.39. The molecule has 0 saturated carbocycles. The van der Waals surface area contributed by atoms with Crippen molar-refractivity contribution in [2.45, 2.75) is 13.8 Å². The summed E-state index contributed by atoms with van der Waals surface area (Å²) in [6, 6.07) is 1.91. The van der Waals surface area contributed by atoms with Crippen LogP contribution in [0.2, 0.25) is 5.15 Å². The summed E-state index contributed by atoms with van der Waals surface area (Å²) >= 11 is 10.6. The van der Waals surface area contributed by atoms with Gasteiger partial charge in [-0.2, -0.15) is 0 Å². The molecule has 84 valence electrons. The molecule has 0 bridgehead atoms. The van der Waals surface area contributed by atoms with Crippen molar-refractivity contribution in [2.75, 3.05) is 0 Å². The monoisotopic (exact) mass is 320 g/mol. The maximum Gasteiger partial charge on any atom is 0.181 e. The zero-order valence-corrected chi connectivity index (χ0v) is 11.7. The van der Waals surface area contributed by atoms with Crippen LogP contribution in [0.25, 0.3) is 10.7 Å². The fourth-order valence-electron chi connectivity index (χ4n) is 1.20. The Morgan fingerprint density at radius 1 is 1.38 bits per heavy atom. The van der Waals surface area contributed by atoms with Crippen LogP contribution in [0.5, 0.6) is 0 Å². The first-order chi connectivity index (χ1) is 7.49. The summed E-state index contributed by atoms with van der Waals surface area (Å²) in [6.07, 6.45) is 0. The van der Waals surface area contributed by atoms with Crippen LogP contribution < -0.4 is 0 Å². The molecule has 0 aliphatic carbocycles. The Morgan fingerprint density at radius 3 is 2.56 bits per heavy atom. The average molecular weight is 322 g/mol. The standard InChI is InChI=1S/C10H7BrClFN2S/c1-4-8(13)9(12)15-10(14-4)7-3-6(11)5(2)16-7/h3H,1-2H3. The number of nitrogens with zero attached hydrogens (tertiary/aromatic N) is 2. The maximum absolute atomic E-state index is 13.2. The molecule has 0 atom stereocenters. The average Bonchev–Trinajstić information content (AvgIpc) is 2.55. The van der Waals surface area contributed by atoms with Crippen LogP contribution in [0.3, 0.4) is 0 Å². The van der Waals surface area contributed by atoms with Gasteiger partial charge in [-0.15, -0.1) is 11.3 Å². The Balaban J connectivity index is 2.56. The fraction of sp³-hybridized carbons (Fsp3) is 0.200. The Kier molecular flexibility index (Phi) is 3.28. The predicted octanol–water partition coefficient (Wildman–Crippen LogP) is 4.38. The highest BCUT2D eigenvalue weighted by atomic mass is 79.9. The lowest BCUT2D eigenvalue weighted by molar-refractivity contribution is 0.603. The highest BCUT2D eigenvalue weighted by Crippen LogP contribution is 2.33. The van der Waals surface area contributed by atoms with Gasteiger partial charge >= 0.3 is 0 Å². The minimum atomic E-state index is -0.558. The van der Waals surface area contributed by atoms with Crippen molar-refractivity contribution in [3.8, 4) is 10.7 Å². The molecule has 0 unspecified atom stereocenters. The quantitative estimate of drug-likeness (QED) is 0.729. The van der Waals surface area contributed by atoms with Gasteiger partial charge in [-0.25, -0.2) is 14.4 Å². The molecule has 0 N–H and O–H groups in total. The van der Waals surface area contributed by atoms with Crippen molar-refractivity contribution in [3.63, 3.8) is 0 Å². The third kappa shape index (κ3) is 2.12. The highest BCUT2D eigenvalue weighted by molar-refractivity contribution is 9.10. The van der Waals surface area contributed by atoms with Gasteiger partial charge in [0.15, 0.2) is 16.8 Å². The van der Waals surface area contributed by atoms with Gasteiger partial charge in [0.25, 0.3) is 0 Å². The Hall–Kier alpha value is -0.520. The zero-order chi connectivity index (χ0) is 11.9. The van der Waals surface area contributed by atoms with Gasteiger partial charge in [-0.1, -0.05) is 11.6 Å². The summed E-state index contributed by atoms with van der Waals surface area (Å²) in [6.45, 7) is 3.55. The smallest absolute Gasteiger partial charge is 0.181 e. The second-order valence-corrected chi connectivity index (χ2v) is 5.72. The Morgan fingerprint density at radius 2 is 2.06 bits per heavy atom. The van der Waals surface area contributed by atoms with E-state index in [1.807, 2.05) is 13.0 Å². The Labute approximate surface area is 110 Å². The summed E-state index contributed by atoms with van der Waals surface area (Å²) in [5, 5.41) is -0.135. The van der Waals surface area contributed by atoms with Crippen LogP contribution in [0, 0.1) is 19.7 Å². The summed E-state index contributed by atoms with van der Waals surface area (Å²) < 4.78 is 14.2. The van der Waals surface area contributed by atoms with Crippen molar-refractivity contribution in [3.05, 3.63) is 32.1 Å². The molecule has 2 nitrogen and oxygen atoms in total. The van der Waals surface area contributed by atoms with Crippen molar-refractivity contribution in [1.82, 2.24) is 9.97 Å². The summed E-state index contributed by atoms with van der Waals surface area (Å²) in [5.74, 6) is -0.0968. The second-order valence-electron chi connectivity index (χ2n) is 3.25. The molecule has 2 rings (SSSR count). The van der Waals surface area contributed by atoms with E-state index in [2.05, 4.69) is 25.9 Å². The van der Waals surface area contributed by atoms with Gasteiger partial charge < -0.3 is 0 Å². The van der Waals surface area contributed by atoms with E-state index >= 15 is 0 Å². The molecule has 16 heavy (non-hydrogen) atoms. The van der Waals surface area contributed by atoms with E-state index in [-0.39, 0.29) is 10.8 Å². The van der Waals surface area contributed by atoms with Crippen molar-refractivity contribution >= 4 is 38.9 Å². The van der Waals surface area contributed by atoms with E-state index in [1.165, 1.54) is 11.3 Å². The van der Waals surface area contributed by atoms with Crippen LogP contribution in [-0.2, 0) is 0 Å². The molecule has 0 aliphatic heterocycles. The first-order valence-corrected chi connectivity index (χ1v) is 6.43. The molecule has 0 radical (unpaired) electrons. The van der Waals surface area contributed by atoms with E-state index in [0.29, 0.717) is 5.82 Å². The molecule has 0 aromatic carbocycles. The Bertz CT molecular complexity index is 513. The summed E-state index contributed by atoms with van der Waals surface area (Å²) in [4.78, 5) is 10.00. The van der Waals surface area contributed by atoms with Crippen LogP contribution in [-0.4, -0.2) is 9.97 Å². The number of aryl methyl sites for hydroxylation is 2. The minimum absolute atomic E-state index is 0.135. The van der Waals surface area contributed by atoms with Gasteiger partial charge in [-0.05, 0) is 35.8 Å². The molecular formula is C10H7BrClFN2S. The van der Waals surface area contributed by atoms with Crippen molar-refractivity contribution < 1.29 is 4.39 Å². The summed E-state index contributed by atoms with van der Waals surface area (Å²) in [5.41, 5.74) is 0.261. The van der Waals surface area contributed by atoms with E-state index in [0.717, 1.165) is 14.2 Å². The lowest BCUT2D eigenvalue weighted by Gasteiger charge is -2.01. The van der Waals surface area contributed by atoms with Crippen molar-refractivity contribution in [2.24, 2.45) is 0 Å². The lowest BCUT2D eigenvalue weighted by Crippen LogP contribution is -1.96. The third-order valence-electron chi connectivity index (χ3n) is 2.05. The molecular weight excluding hydrogens is 315 g/mol. The number of hydrogen-bond donors (Lipinski definition) is 0. The highest BCUT2D eigenvalue weighted by Gasteiger charge is 2.13. The van der Waals surface area contributed by atoms with Gasteiger partial charge in [-0.3, -0.25) is 0 Å². The number of thiophene rings is 1. The first kappa shape index (κ1) is 12.0. The predicted molar refractivity (Wildman–Crippen MR) is 67.5 cm³/mol. The SMILES string of the molecule is Cc1nc(-c2cc(Br)c(C)s2)nc(Cl)c1F. The largest absolute Gasteiger partial charge is 0.229 e. The van der Waals surface area contributed by atoms with E-state index < -0.39 is 5.82 Å². The van der Waals surface area contributed by atoms with Crippen molar-refractivity contribution in [1.29, 1.82) is 0 Å². The third-order valence-corrected chi connectivity index (χ3v) is 4.44. The molecule has 0 spiro atoms. The maximum atomic E-state index is 13.2. The van der Waals surface area contributed by atoms with Crippen LogP contribution >= 0.6 is 38.9 Å². The van der Waals surface area contributed by atoms with E-state index in [9.17, 15) is 4.39 Å². The summed E-state index contributed by atoms with van der Waals surface area (Å²) in [7, 11) is 0. The van der Waals surface area contributed by atoms with Gasteiger partial charge in [0.05, 0.1) is 10.6 Å². The number of aromatic nitrogens is 2. The topological polar surface area (TPSA) is 25.8 Å².